The summed E-state index contributed by atoms with van der Waals surface area (Å²) in [5.41, 5.74) is 2.23. The van der Waals surface area contributed by atoms with E-state index in [1.165, 1.54) is 50.8 Å². The second-order valence-corrected chi connectivity index (χ2v) is 8.62. The third-order valence-corrected chi connectivity index (χ3v) is 6.43. The standard InChI is InChI=1S/C24H30FN5O/c25-19-14-18-15-21(16-19)31-13-5-11-29-10-4-2-7-20(29)6-1-3-9-26-23-8-12-30-24(28-23)22(18)17-27-30/h8,12,14-17,20H,1-7,9-11,13H2,(H,26,28). The van der Waals surface area contributed by atoms with Crippen LogP contribution in [-0.2, 0) is 0 Å². The molecule has 1 saturated heterocycles. The summed E-state index contributed by atoms with van der Waals surface area (Å²) >= 11 is 0. The van der Waals surface area contributed by atoms with Gasteiger partial charge in [-0.1, -0.05) is 12.8 Å². The molecule has 0 amide bonds. The van der Waals surface area contributed by atoms with E-state index in [0.29, 0.717) is 24.0 Å². The van der Waals surface area contributed by atoms with Gasteiger partial charge in [0.05, 0.1) is 12.8 Å². The highest BCUT2D eigenvalue weighted by molar-refractivity contribution is 5.78. The lowest BCUT2D eigenvalue weighted by Crippen LogP contribution is -2.40. The Labute approximate surface area is 182 Å². The van der Waals surface area contributed by atoms with Crippen LogP contribution in [0.15, 0.2) is 36.7 Å². The molecular formula is C24H30FN5O. The minimum atomic E-state index is -0.313. The lowest BCUT2D eigenvalue weighted by molar-refractivity contribution is 0.128. The number of nitrogens with one attached hydrogen (secondary N) is 1. The van der Waals surface area contributed by atoms with Gasteiger partial charge in [-0.3, -0.25) is 0 Å². The maximum absolute atomic E-state index is 14.4. The molecule has 3 aromatic rings. The lowest BCUT2D eigenvalue weighted by atomic mass is 9.97. The summed E-state index contributed by atoms with van der Waals surface area (Å²) in [7, 11) is 0. The predicted octanol–water partition coefficient (Wildman–Crippen LogP) is 4.75. The largest absolute Gasteiger partial charge is 0.493 e. The molecule has 4 heterocycles. The molecule has 1 fully saturated rings. The Morgan fingerprint density at radius 2 is 1.90 bits per heavy atom. The normalized spacial score (nSPS) is 21.0. The van der Waals surface area contributed by atoms with Gasteiger partial charge >= 0.3 is 0 Å². The summed E-state index contributed by atoms with van der Waals surface area (Å²) in [5, 5.41) is 7.84. The molecule has 6 nitrogen and oxygen atoms in total. The zero-order chi connectivity index (χ0) is 21.0. The highest BCUT2D eigenvalue weighted by Gasteiger charge is 2.21. The zero-order valence-corrected chi connectivity index (χ0v) is 17.9. The summed E-state index contributed by atoms with van der Waals surface area (Å²) in [6, 6.07) is 7.47. The van der Waals surface area contributed by atoms with Crippen molar-refractivity contribution in [2.24, 2.45) is 0 Å². The number of benzene rings is 1. The van der Waals surface area contributed by atoms with E-state index in [9.17, 15) is 4.39 Å². The van der Waals surface area contributed by atoms with Gasteiger partial charge in [0.15, 0.2) is 5.65 Å². The fourth-order valence-electron chi connectivity index (χ4n) is 4.83. The van der Waals surface area contributed by atoms with Crippen molar-refractivity contribution in [1.29, 1.82) is 0 Å². The second kappa shape index (κ2) is 9.22. The van der Waals surface area contributed by atoms with E-state index in [4.69, 9.17) is 9.72 Å². The molecular weight excluding hydrogens is 393 g/mol. The molecule has 31 heavy (non-hydrogen) atoms. The molecule has 0 aliphatic carbocycles. The molecule has 1 N–H and O–H groups in total. The number of anilines is 1. The van der Waals surface area contributed by atoms with Crippen LogP contribution in [0.1, 0.15) is 44.9 Å². The molecule has 1 atom stereocenters. The number of halogens is 1. The van der Waals surface area contributed by atoms with Crippen LogP contribution in [0.2, 0.25) is 0 Å². The van der Waals surface area contributed by atoms with Crippen molar-refractivity contribution in [3.8, 4) is 16.9 Å². The molecule has 0 radical (unpaired) electrons. The summed E-state index contributed by atoms with van der Waals surface area (Å²) in [4.78, 5) is 7.38. The molecule has 4 bridgehead atoms. The van der Waals surface area contributed by atoms with Crippen LogP contribution in [-0.4, -0.2) is 51.8 Å². The molecule has 2 aromatic heterocycles. The van der Waals surface area contributed by atoms with Crippen LogP contribution >= 0.6 is 0 Å². The average Bonchev–Trinajstić information content (AvgIpc) is 3.20. The number of hydrogen-bond donors (Lipinski definition) is 1. The van der Waals surface area contributed by atoms with E-state index < -0.39 is 0 Å². The van der Waals surface area contributed by atoms with Gasteiger partial charge in [0.2, 0.25) is 0 Å². The monoisotopic (exact) mass is 423 g/mol. The average molecular weight is 424 g/mol. The minimum absolute atomic E-state index is 0.313. The first kappa shape index (κ1) is 20.2. The topological polar surface area (TPSA) is 54.7 Å². The number of aromatic nitrogens is 3. The van der Waals surface area contributed by atoms with Crippen LogP contribution in [0.5, 0.6) is 5.75 Å². The van der Waals surface area contributed by atoms with Crippen molar-refractivity contribution in [3.05, 3.63) is 42.5 Å². The number of nitrogens with zero attached hydrogens (tertiary/aromatic N) is 4. The molecule has 7 heteroatoms. The maximum Gasteiger partial charge on any atom is 0.165 e. The van der Waals surface area contributed by atoms with Crippen molar-refractivity contribution >= 4 is 11.5 Å². The van der Waals surface area contributed by atoms with Crippen LogP contribution in [0, 0.1) is 5.82 Å². The van der Waals surface area contributed by atoms with E-state index >= 15 is 0 Å². The van der Waals surface area contributed by atoms with Crippen molar-refractivity contribution in [2.45, 2.75) is 51.0 Å². The van der Waals surface area contributed by atoms with Crippen LogP contribution < -0.4 is 10.1 Å². The Morgan fingerprint density at radius 3 is 2.84 bits per heavy atom. The van der Waals surface area contributed by atoms with Crippen molar-refractivity contribution in [1.82, 2.24) is 19.5 Å². The van der Waals surface area contributed by atoms with Crippen LogP contribution in [0.4, 0.5) is 10.2 Å². The molecule has 0 spiro atoms. The van der Waals surface area contributed by atoms with E-state index in [-0.39, 0.29) is 5.82 Å². The lowest BCUT2D eigenvalue weighted by Gasteiger charge is -2.36. The zero-order valence-electron chi connectivity index (χ0n) is 17.9. The van der Waals surface area contributed by atoms with Crippen molar-refractivity contribution in [2.75, 3.05) is 31.6 Å². The number of hydrogen-bond acceptors (Lipinski definition) is 5. The highest BCUT2D eigenvalue weighted by atomic mass is 19.1. The Morgan fingerprint density at radius 1 is 1.03 bits per heavy atom. The third-order valence-electron chi connectivity index (χ3n) is 6.43. The van der Waals surface area contributed by atoms with Gasteiger partial charge in [-0.25, -0.2) is 13.9 Å². The summed E-state index contributed by atoms with van der Waals surface area (Å²) in [6.07, 6.45) is 12.1. The first-order valence-corrected chi connectivity index (χ1v) is 11.5. The first-order chi connectivity index (χ1) is 15.3. The minimum Gasteiger partial charge on any atom is -0.493 e. The number of fused-ring (bicyclic) bond motifs is 5. The van der Waals surface area contributed by atoms with E-state index in [0.717, 1.165) is 42.9 Å². The Hall–Kier alpha value is -2.67. The van der Waals surface area contributed by atoms with Crippen LogP contribution in [0.3, 0.4) is 0 Å². The first-order valence-electron chi connectivity index (χ1n) is 11.5. The number of ether oxygens (including phenoxy) is 1. The van der Waals surface area contributed by atoms with E-state index in [1.54, 1.807) is 10.7 Å². The molecule has 2 aliphatic rings. The maximum atomic E-state index is 14.4. The Kier molecular flexibility index (Phi) is 6.02. The van der Waals surface area contributed by atoms with Crippen molar-refractivity contribution in [3.63, 3.8) is 0 Å². The van der Waals surface area contributed by atoms with E-state index in [1.807, 2.05) is 18.3 Å². The van der Waals surface area contributed by atoms with Gasteiger partial charge in [-0.2, -0.15) is 5.10 Å². The predicted molar refractivity (Wildman–Crippen MR) is 120 cm³/mol. The number of rotatable bonds is 0. The second-order valence-electron chi connectivity index (χ2n) is 8.62. The van der Waals surface area contributed by atoms with E-state index in [2.05, 4.69) is 15.3 Å². The quantitative estimate of drug-likeness (QED) is 0.565. The van der Waals surface area contributed by atoms with Gasteiger partial charge in [0.1, 0.15) is 17.4 Å². The summed E-state index contributed by atoms with van der Waals surface area (Å²) in [5.74, 6) is 1.06. The molecule has 5 rings (SSSR count). The highest BCUT2D eigenvalue weighted by Crippen LogP contribution is 2.29. The number of piperidine rings is 1. The molecule has 2 aliphatic heterocycles. The summed E-state index contributed by atoms with van der Waals surface area (Å²) in [6.45, 7) is 3.72. The van der Waals surface area contributed by atoms with Gasteiger partial charge in [0, 0.05) is 37.0 Å². The molecule has 1 aromatic carbocycles. The van der Waals surface area contributed by atoms with Gasteiger partial charge in [-0.15, -0.1) is 0 Å². The fraction of sp³-hybridized carbons (Fsp3) is 0.500. The SMILES string of the molecule is Fc1cc2cc(c1)-c1cnn3ccc(nc13)NCCCCC1CCCCN1CCCO2. The van der Waals surface area contributed by atoms with Crippen LogP contribution in [0.25, 0.3) is 16.8 Å². The van der Waals surface area contributed by atoms with Crippen molar-refractivity contribution < 1.29 is 9.13 Å². The Balaban J connectivity index is 1.43. The summed E-state index contributed by atoms with van der Waals surface area (Å²) < 4.78 is 22.1. The van der Waals surface area contributed by atoms with Gasteiger partial charge in [-0.05, 0) is 62.4 Å². The molecule has 164 valence electrons. The molecule has 0 saturated carbocycles. The molecule has 1 unspecified atom stereocenters. The van der Waals surface area contributed by atoms with Gasteiger partial charge in [0.25, 0.3) is 0 Å². The van der Waals surface area contributed by atoms with Gasteiger partial charge < -0.3 is 15.0 Å². The third kappa shape index (κ3) is 4.66. The fourth-order valence-corrected chi connectivity index (χ4v) is 4.83. The Bertz CT molecular complexity index is 1040. The smallest absolute Gasteiger partial charge is 0.165 e.